The summed E-state index contributed by atoms with van der Waals surface area (Å²) in [6, 6.07) is 0. The quantitative estimate of drug-likeness (QED) is 0.358. The molecule has 0 aliphatic heterocycles. The third kappa shape index (κ3) is 2.27. The maximum atomic E-state index is 13.4. The molecule has 1 atom stereocenters. The predicted octanol–water partition coefficient (Wildman–Crippen LogP) is 3.96. The van der Waals surface area contributed by atoms with E-state index in [4.69, 9.17) is 34.8 Å². The second-order valence-electron chi connectivity index (χ2n) is 3.51. The monoisotopic (exact) mass is 328 g/mol. The van der Waals surface area contributed by atoms with E-state index in [9.17, 15) is 27.1 Å². The van der Waals surface area contributed by atoms with Crippen LogP contribution in [0, 0.1) is 29.1 Å². The molecule has 1 N–H and O–H groups in total. The van der Waals surface area contributed by atoms with Gasteiger partial charge in [-0.2, -0.15) is 0 Å². The molecule has 0 bridgehead atoms. The molecule has 1 unspecified atom stereocenters. The lowest BCUT2D eigenvalue weighted by molar-refractivity contribution is 0.0510. The summed E-state index contributed by atoms with van der Waals surface area (Å²) in [6.07, 6.45) is 0. The van der Waals surface area contributed by atoms with E-state index >= 15 is 0 Å². The first-order valence-corrected chi connectivity index (χ1v) is 5.37. The molecular formula is C9H4Cl3F5O. The minimum absolute atomic E-state index is 0.609. The minimum atomic E-state index is -2.92. The van der Waals surface area contributed by atoms with Gasteiger partial charge in [-0.1, -0.05) is 34.8 Å². The molecule has 1 rings (SSSR count). The first kappa shape index (κ1) is 15.8. The minimum Gasteiger partial charge on any atom is -0.381 e. The van der Waals surface area contributed by atoms with Gasteiger partial charge >= 0.3 is 0 Å². The Morgan fingerprint density at radius 3 is 1.33 bits per heavy atom. The molecule has 0 amide bonds. The van der Waals surface area contributed by atoms with Crippen LogP contribution in [-0.4, -0.2) is 8.90 Å². The fourth-order valence-electron chi connectivity index (χ4n) is 1.17. The average molecular weight is 329 g/mol. The molecule has 1 nitrogen and oxygen atoms in total. The lowest BCUT2D eigenvalue weighted by Crippen LogP contribution is -2.39. The lowest BCUT2D eigenvalue weighted by Gasteiger charge is -2.31. The highest BCUT2D eigenvalue weighted by molar-refractivity contribution is 6.68. The second kappa shape index (κ2) is 4.67. The van der Waals surface area contributed by atoms with Crippen molar-refractivity contribution in [3.63, 3.8) is 0 Å². The van der Waals surface area contributed by atoms with Crippen molar-refractivity contribution in [1.82, 2.24) is 0 Å². The topological polar surface area (TPSA) is 20.2 Å². The molecule has 1 aromatic rings. The van der Waals surface area contributed by atoms with Crippen molar-refractivity contribution in [2.75, 3.05) is 0 Å². The molecule has 0 aromatic heterocycles. The van der Waals surface area contributed by atoms with Crippen LogP contribution >= 0.6 is 34.8 Å². The molecule has 0 heterocycles. The van der Waals surface area contributed by atoms with Gasteiger partial charge in [0.1, 0.15) is 5.60 Å². The molecule has 1 aromatic carbocycles. The Kier molecular flexibility index (Phi) is 4.08. The first-order chi connectivity index (χ1) is 7.93. The molecule has 0 saturated heterocycles. The third-order valence-corrected chi connectivity index (χ3v) is 3.35. The number of halogens is 8. The molecule has 0 fully saturated rings. The Bertz CT molecular complexity index is 469. The van der Waals surface area contributed by atoms with E-state index < -0.39 is 44.0 Å². The Morgan fingerprint density at radius 2 is 1.06 bits per heavy atom. The van der Waals surface area contributed by atoms with Crippen molar-refractivity contribution in [3.8, 4) is 0 Å². The molecule has 0 spiro atoms. The summed E-state index contributed by atoms with van der Waals surface area (Å²) < 4.78 is 62.7. The van der Waals surface area contributed by atoms with Crippen LogP contribution in [0.2, 0.25) is 0 Å². The van der Waals surface area contributed by atoms with Gasteiger partial charge in [0, 0.05) is 0 Å². The second-order valence-corrected chi connectivity index (χ2v) is 5.80. The smallest absolute Gasteiger partial charge is 0.222 e. The molecule has 0 radical (unpaired) electrons. The van der Waals surface area contributed by atoms with Gasteiger partial charge in [0.25, 0.3) is 0 Å². The van der Waals surface area contributed by atoms with E-state index in [0.717, 1.165) is 0 Å². The van der Waals surface area contributed by atoms with Gasteiger partial charge in [-0.15, -0.1) is 0 Å². The predicted molar refractivity (Wildman–Crippen MR) is 56.1 cm³/mol. The van der Waals surface area contributed by atoms with E-state index in [1.54, 1.807) is 0 Å². The maximum absolute atomic E-state index is 13.4. The SMILES string of the molecule is CC(O)(c1c(F)c(F)c(F)c(F)c1F)C(Cl)(Cl)Cl. The van der Waals surface area contributed by atoms with Crippen molar-refractivity contribution >= 4 is 34.8 Å². The fraction of sp³-hybridized carbons (Fsp3) is 0.333. The largest absolute Gasteiger partial charge is 0.381 e. The van der Waals surface area contributed by atoms with Crippen molar-refractivity contribution in [3.05, 3.63) is 34.6 Å². The number of rotatable bonds is 1. The van der Waals surface area contributed by atoms with Gasteiger partial charge in [0.05, 0.1) is 5.56 Å². The number of alkyl halides is 3. The van der Waals surface area contributed by atoms with Crippen LogP contribution in [0.25, 0.3) is 0 Å². The summed E-state index contributed by atoms with van der Waals surface area (Å²) in [7, 11) is 0. The number of aliphatic hydroxyl groups is 1. The summed E-state index contributed by atoms with van der Waals surface area (Å²) in [4.78, 5) is 0. The standard InChI is InChI=1S/C9H4Cl3F5O/c1-8(18,9(10,11)12)2-3(13)5(15)7(17)6(16)4(2)14/h18H,1H3. The highest BCUT2D eigenvalue weighted by Crippen LogP contribution is 2.46. The Labute approximate surface area is 113 Å². The van der Waals surface area contributed by atoms with Gasteiger partial charge in [0.15, 0.2) is 23.3 Å². The van der Waals surface area contributed by atoms with Gasteiger partial charge in [-0.25, -0.2) is 22.0 Å². The van der Waals surface area contributed by atoms with Crippen LogP contribution in [-0.2, 0) is 5.60 Å². The zero-order valence-electron chi connectivity index (χ0n) is 8.47. The lowest BCUT2D eigenvalue weighted by atomic mass is 9.95. The van der Waals surface area contributed by atoms with Gasteiger partial charge in [-0.3, -0.25) is 0 Å². The van der Waals surface area contributed by atoms with Crippen LogP contribution in [0.3, 0.4) is 0 Å². The number of benzene rings is 1. The highest BCUT2D eigenvalue weighted by atomic mass is 35.6. The van der Waals surface area contributed by atoms with Crippen LogP contribution in [0.4, 0.5) is 22.0 Å². The summed E-state index contributed by atoms with van der Waals surface area (Å²) in [5, 5.41) is 9.69. The Balaban J connectivity index is 3.72. The Morgan fingerprint density at radius 1 is 0.778 bits per heavy atom. The molecule has 9 heteroatoms. The average Bonchev–Trinajstić information content (AvgIpc) is 2.22. The molecule has 102 valence electrons. The van der Waals surface area contributed by atoms with Crippen LogP contribution in [0.5, 0.6) is 0 Å². The summed E-state index contributed by atoms with van der Waals surface area (Å²) in [6.45, 7) is 0.609. The van der Waals surface area contributed by atoms with Crippen LogP contribution < -0.4 is 0 Å². The van der Waals surface area contributed by atoms with Crippen molar-refractivity contribution in [1.29, 1.82) is 0 Å². The van der Waals surface area contributed by atoms with Gasteiger partial charge in [-0.05, 0) is 6.92 Å². The normalized spacial score (nSPS) is 15.7. The van der Waals surface area contributed by atoms with Crippen molar-refractivity contribution in [2.45, 2.75) is 16.3 Å². The number of hydrogen-bond donors (Lipinski definition) is 1. The van der Waals surface area contributed by atoms with E-state index in [1.807, 2.05) is 0 Å². The molecule has 0 aliphatic carbocycles. The molecule has 0 aliphatic rings. The highest BCUT2D eigenvalue weighted by Gasteiger charge is 2.49. The zero-order valence-corrected chi connectivity index (χ0v) is 10.7. The van der Waals surface area contributed by atoms with Gasteiger partial charge in [0.2, 0.25) is 9.61 Å². The molecular weight excluding hydrogens is 325 g/mol. The van der Waals surface area contributed by atoms with E-state index in [1.165, 1.54) is 0 Å². The maximum Gasteiger partial charge on any atom is 0.222 e. The van der Waals surface area contributed by atoms with Gasteiger partial charge < -0.3 is 5.11 Å². The molecule has 18 heavy (non-hydrogen) atoms. The third-order valence-electron chi connectivity index (χ3n) is 2.25. The summed E-state index contributed by atoms with van der Waals surface area (Å²) in [5.74, 6) is -11.4. The van der Waals surface area contributed by atoms with Crippen molar-refractivity contribution < 1.29 is 27.1 Å². The van der Waals surface area contributed by atoms with Crippen LogP contribution in [0.15, 0.2) is 0 Å². The Hall–Kier alpha value is -0.300. The fourth-order valence-corrected chi connectivity index (χ4v) is 1.46. The first-order valence-electron chi connectivity index (χ1n) is 4.24. The summed E-state index contributed by atoms with van der Waals surface area (Å²) in [5.41, 5.74) is -4.53. The molecule has 0 saturated carbocycles. The van der Waals surface area contributed by atoms with Crippen LogP contribution in [0.1, 0.15) is 12.5 Å². The van der Waals surface area contributed by atoms with E-state index in [0.29, 0.717) is 6.92 Å². The van der Waals surface area contributed by atoms with E-state index in [2.05, 4.69) is 0 Å². The van der Waals surface area contributed by atoms with Crippen molar-refractivity contribution in [2.24, 2.45) is 0 Å². The number of hydrogen-bond acceptors (Lipinski definition) is 1. The zero-order chi connectivity index (χ0) is 14.5. The van der Waals surface area contributed by atoms with E-state index in [-0.39, 0.29) is 0 Å². The summed E-state index contributed by atoms with van der Waals surface area (Å²) >= 11 is 15.8.